The molecule has 2 aromatic heterocycles. The fourth-order valence-electron chi connectivity index (χ4n) is 10.9. The van der Waals surface area contributed by atoms with Crippen LogP contribution >= 0.6 is 0 Å². The van der Waals surface area contributed by atoms with Gasteiger partial charge in [-0.15, -0.1) is 0 Å². The van der Waals surface area contributed by atoms with Crippen LogP contribution in [0, 0.1) is 32.3 Å². The molecule has 5 fully saturated rings. The van der Waals surface area contributed by atoms with E-state index in [-0.39, 0.29) is 32.7 Å². The molecule has 2 saturated heterocycles. The minimum atomic E-state index is -4.29. The Hall–Kier alpha value is -4.73. The van der Waals surface area contributed by atoms with Crippen LogP contribution in [0.25, 0.3) is 11.0 Å². The smallest absolute Gasteiger partial charge is 0.273 e. The summed E-state index contributed by atoms with van der Waals surface area (Å²) >= 11 is 0. The Bertz CT molecular complexity index is 2500. The Balaban J connectivity index is 0.918. The number of nitro groups is 1. The monoisotopic (exact) mass is 871 g/mol. The first-order chi connectivity index (χ1) is 29.6. The number of aryl methyl sites for hydroxylation is 1. The summed E-state index contributed by atoms with van der Waals surface area (Å²) in [6.45, 7) is 9.75. The van der Waals surface area contributed by atoms with E-state index in [4.69, 9.17) is 9.47 Å². The lowest BCUT2D eigenvalue weighted by molar-refractivity contribution is -0.385. The molecule has 15 heteroatoms. The van der Waals surface area contributed by atoms with E-state index in [9.17, 15) is 32.1 Å². The van der Waals surface area contributed by atoms with Crippen LogP contribution in [0.4, 0.5) is 20.2 Å². The van der Waals surface area contributed by atoms with Crippen molar-refractivity contribution in [1.29, 1.82) is 0 Å². The van der Waals surface area contributed by atoms with Crippen LogP contribution in [0.1, 0.15) is 87.6 Å². The predicted octanol–water partition coefficient (Wildman–Crippen LogP) is 9.34. The first-order valence-electron chi connectivity index (χ1n) is 21.9. The number of nitrogens with zero attached hydrogens (tertiary/aromatic N) is 4. The summed E-state index contributed by atoms with van der Waals surface area (Å²) in [7, 11) is -4.29. The summed E-state index contributed by atoms with van der Waals surface area (Å²) in [5.74, 6) is -0.685. The van der Waals surface area contributed by atoms with Crippen LogP contribution in [-0.4, -0.2) is 92.1 Å². The number of hydrogen-bond acceptors (Lipinski definition) is 10. The fourth-order valence-corrected chi connectivity index (χ4v) is 12.1. The second-order valence-electron chi connectivity index (χ2n) is 19.4. The van der Waals surface area contributed by atoms with Gasteiger partial charge < -0.3 is 19.4 Å². The predicted molar refractivity (Wildman–Crippen MR) is 232 cm³/mol. The number of carbonyl (C=O) groups is 1. The molecule has 6 aliphatic rings. The molecule has 2 aliphatic heterocycles. The summed E-state index contributed by atoms with van der Waals surface area (Å²) in [6, 6.07) is 12.7. The highest BCUT2D eigenvalue weighted by Crippen LogP contribution is 2.79. The lowest BCUT2D eigenvalue weighted by Gasteiger charge is -2.72. The zero-order chi connectivity index (χ0) is 43.4. The van der Waals surface area contributed by atoms with Crippen molar-refractivity contribution in [2.24, 2.45) is 22.2 Å². The van der Waals surface area contributed by atoms with E-state index < -0.39 is 38.1 Å². The first kappa shape index (κ1) is 42.6. The lowest BCUT2D eigenvalue weighted by Crippen LogP contribution is -2.66. The molecule has 0 spiro atoms. The number of allylic oxidation sites excluding steroid dienone is 1. The number of aromatic amines is 1. The molecule has 2 aromatic carbocycles. The summed E-state index contributed by atoms with van der Waals surface area (Å²) < 4.78 is 67.0. The van der Waals surface area contributed by atoms with Crippen LogP contribution in [0.3, 0.4) is 0 Å². The number of benzene rings is 2. The van der Waals surface area contributed by atoms with E-state index in [2.05, 4.69) is 33.6 Å². The molecule has 0 radical (unpaired) electrons. The third-order valence-electron chi connectivity index (χ3n) is 14.5. The van der Waals surface area contributed by atoms with Crippen molar-refractivity contribution in [3.8, 4) is 11.5 Å². The van der Waals surface area contributed by atoms with Gasteiger partial charge in [0.2, 0.25) is 6.43 Å². The molecule has 4 aromatic rings. The van der Waals surface area contributed by atoms with Crippen LogP contribution in [0.2, 0.25) is 0 Å². The normalized spacial score (nSPS) is 24.2. The van der Waals surface area contributed by atoms with E-state index in [0.717, 1.165) is 75.3 Å². The van der Waals surface area contributed by atoms with Gasteiger partial charge >= 0.3 is 0 Å². The first-order valence-corrected chi connectivity index (χ1v) is 23.6. The van der Waals surface area contributed by atoms with Crippen LogP contribution in [0.15, 0.2) is 77.0 Å². The highest BCUT2D eigenvalue weighted by Gasteiger charge is 2.73. The van der Waals surface area contributed by atoms with Crippen molar-refractivity contribution in [3.05, 3.63) is 93.3 Å². The van der Waals surface area contributed by atoms with Crippen molar-refractivity contribution < 1.29 is 36.4 Å². The molecule has 0 atom stereocenters. The molecule has 330 valence electrons. The molecule has 2 bridgehead atoms. The van der Waals surface area contributed by atoms with Gasteiger partial charge in [0.15, 0.2) is 15.6 Å². The van der Waals surface area contributed by atoms with E-state index in [1.165, 1.54) is 29.5 Å². The number of rotatable bonds is 15. The molecule has 0 unspecified atom stereocenters. The van der Waals surface area contributed by atoms with E-state index >= 15 is 0 Å². The van der Waals surface area contributed by atoms with Crippen LogP contribution < -0.4 is 9.64 Å². The zero-order valence-corrected chi connectivity index (χ0v) is 36.3. The summed E-state index contributed by atoms with van der Waals surface area (Å²) in [5, 5.41) is 12.9. The number of hydrogen-bond donors (Lipinski definition) is 1. The minimum Gasteiger partial charge on any atom is -0.455 e. The SMILES string of the molecule is CC1(C)CCC(CN2CCN(c3ccc(C(=O)CS(=O)(=O)c4ccc(CCC5CCOCC5)c([N+](=O)[O-])c4)c(Oc4cnc5[nH]ccc5c4)c3)CC2)=C(C23CC(C(F)F)(C2)C3)C1. The van der Waals surface area contributed by atoms with Crippen LogP contribution in [0.5, 0.6) is 11.5 Å². The van der Waals surface area contributed by atoms with Gasteiger partial charge in [0, 0.05) is 86.3 Å². The molecule has 12 nitrogen and oxygen atoms in total. The molecule has 62 heavy (non-hydrogen) atoms. The summed E-state index contributed by atoms with van der Waals surface area (Å²) in [6.07, 6.45) is 8.94. The number of aromatic nitrogens is 2. The maximum absolute atomic E-state index is 14.0. The van der Waals surface area contributed by atoms with Crippen LogP contribution in [-0.2, 0) is 21.0 Å². The Morgan fingerprint density at radius 2 is 1.81 bits per heavy atom. The van der Waals surface area contributed by atoms with Gasteiger partial charge in [-0.25, -0.2) is 22.2 Å². The topological polar surface area (TPSA) is 148 Å². The van der Waals surface area contributed by atoms with Gasteiger partial charge in [-0.05, 0) is 111 Å². The summed E-state index contributed by atoms with van der Waals surface area (Å²) in [4.78, 5) is 37.5. The second kappa shape index (κ2) is 16.4. The van der Waals surface area contributed by atoms with Gasteiger partial charge in [-0.1, -0.05) is 31.1 Å². The Labute approximate surface area is 361 Å². The Morgan fingerprint density at radius 3 is 2.53 bits per heavy atom. The van der Waals surface area contributed by atoms with Gasteiger partial charge in [0.1, 0.15) is 22.9 Å². The number of ether oxygens (including phenoxy) is 2. The van der Waals surface area contributed by atoms with E-state index in [1.807, 2.05) is 6.07 Å². The highest BCUT2D eigenvalue weighted by atomic mass is 32.2. The molecular weight excluding hydrogens is 817 g/mol. The largest absolute Gasteiger partial charge is 0.455 e. The number of H-pyrrole nitrogens is 1. The number of sulfone groups is 1. The molecular formula is C47H55F2N5O7S. The van der Waals surface area contributed by atoms with E-state index in [1.54, 1.807) is 30.5 Å². The van der Waals surface area contributed by atoms with Crippen molar-refractivity contribution in [2.75, 3.05) is 56.6 Å². The Morgan fingerprint density at radius 1 is 1.05 bits per heavy atom. The average molecular weight is 872 g/mol. The Kier molecular flexibility index (Phi) is 11.3. The molecule has 0 amide bonds. The number of anilines is 1. The van der Waals surface area contributed by atoms with Gasteiger partial charge in [0.25, 0.3) is 5.69 Å². The number of ketones is 1. The number of piperazine rings is 1. The number of nitro benzene ring substituents is 1. The molecule has 1 N–H and O–H groups in total. The maximum Gasteiger partial charge on any atom is 0.273 e. The summed E-state index contributed by atoms with van der Waals surface area (Å²) in [5.41, 5.74) is 4.00. The quantitative estimate of drug-likeness (QED) is 0.0530. The van der Waals surface area contributed by atoms with Gasteiger partial charge in [-0.3, -0.25) is 19.8 Å². The van der Waals surface area contributed by atoms with E-state index in [0.29, 0.717) is 74.9 Å². The van der Waals surface area contributed by atoms with Crippen molar-refractivity contribution in [1.82, 2.24) is 14.9 Å². The number of Topliss-reactive ketones (excluding diaryl/α,β-unsaturated/α-hetero) is 1. The number of fused-ring (bicyclic) bond motifs is 1. The molecule has 4 aliphatic carbocycles. The molecule has 3 saturated carbocycles. The third kappa shape index (κ3) is 8.39. The number of carbonyl (C=O) groups excluding carboxylic acids is 1. The molecule has 10 rings (SSSR count). The third-order valence-corrected chi connectivity index (χ3v) is 16.1. The molecule has 4 heterocycles. The van der Waals surface area contributed by atoms with Crippen molar-refractivity contribution in [2.45, 2.75) is 89.4 Å². The average Bonchev–Trinajstić information content (AvgIpc) is 3.68. The number of nitrogens with one attached hydrogen (secondary N) is 1. The van der Waals surface area contributed by atoms with Gasteiger partial charge in [0.05, 0.1) is 21.6 Å². The van der Waals surface area contributed by atoms with Gasteiger partial charge in [-0.2, -0.15) is 0 Å². The number of alkyl halides is 2. The zero-order valence-electron chi connectivity index (χ0n) is 35.5. The fraction of sp³-hybridized carbons (Fsp3) is 0.532. The standard InChI is InChI=1S/C47H55F2N5O7S/c1-45(2)13-9-34(39(24-45)46-28-47(29-46,30-46)44(48)49)26-52-15-17-53(18-16-52)35-6-8-38(42(22-35)61-36-21-33-10-14-50-43(33)51-25-36)41(55)27-62(58,59)37-7-5-32(40(23-37)54(56)57)4-3-31-11-19-60-20-12-31/h5-8,10,14,21-23,25,31,44H,3-4,9,11-13,15-20,24,26-30H2,1-2H3,(H,50,51). The number of halogens is 2. The van der Waals surface area contributed by atoms with Crippen molar-refractivity contribution in [3.63, 3.8) is 0 Å². The second-order valence-corrected chi connectivity index (χ2v) is 21.3. The lowest BCUT2D eigenvalue weighted by atomic mass is 9.32. The minimum absolute atomic E-state index is 0.0332. The van der Waals surface area contributed by atoms with Crippen molar-refractivity contribution >= 4 is 38.0 Å². The maximum atomic E-state index is 14.0. The number of pyridine rings is 1. The highest BCUT2D eigenvalue weighted by molar-refractivity contribution is 7.92.